The number of hydrogen-bond acceptors (Lipinski definition) is 6. The van der Waals surface area contributed by atoms with Crippen LogP contribution in [0.2, 0.25) is 0 Å². The molecule has 2 aromatic rings. The molecule has 2 aliphatic heterocycles. The molecule has 28 heavy (non-hydrogen) atoms. The van der Waals surface area contributed by atoms with Crippen LogP contribution in [-0.2, 0) is 4.79 Å². The number of amidine groups is 1. The summed E-state index contributed by atoms with van der Waals surface area (Å²) >= 11 is 4.73. The van der Waals surface area contributed by atoms with Gasteiger partial charge in [0.2, 0.25) is 6.79 Å². The lowest BCUT2D eigenvalue weighted by molar-refractivity contribution is -0.121. The van der Waals surface area contributed by atoms with E-state index in [-0.39, 0.29) is 18.3 Å². The summed E-state index contributed by atoms with van der Waals surface area (Å²) in [6, 6.07) is 9.78. The number of benzene rings is 2. The van der Waals surface area contributed by atoms with Gasteiger partial charge in [-0.25, -0.2) is 9.79 Å². The molecule has 0 bridgehead atoms. The highest BCUT2D eigenvalue weighted by Crippen LogP contribution is 2.40. The number of rotatable bonds is 3. The van der Waals surface area contributed by atoms with Crippen molar-refractivity contribution in [1.82, 2.24) is 4.90 Å². The Kier molecular flexibility index (Phi) is 4.86. The molecule has 142 valence electrons. The number of carboxylic acid groups (broad SMARTS) is 1. The van der Waals surface area contributed by atoms with E-state index in [9.17, 15) is 9.59 Å². The second-order valence-electron chi connectivity index (χ2n) is 5.95. The van der Waals surface area contributed by atoms with Gasteiger partial charge in [-0.05, 0) is 59.8 Å². The van der Waals surface area contributed by atoms with Gasteiger partial charge >= 0.3 is 5.97 Å². The van der Waals surface area contributed by atoms with Gasteiger partial charge in [-0.2, -0.15) is 0 Å². The lowest BCUT2D eigenvalue weighted by Crippen LogP contribution is -2.23. The highest BCUT2D eigenvalue weighted by Gasteiger charge is 2.30. The van der Waals surface area contributed by atoms with Crippen LogP contribution >= 0.6 is 27.7 Å². The zero-order valence-corrected chi connectivity index (χ0v) is 16.9. The third-order valence-electron chi connectivity index (χ3n) is 4.12. The summed E-state index contributed by atoms with van der Waals surface area (Å²) < 4.78 is 11.5. The minimum Gasteiger partial charge on any atom is -0.478 e. The number of carboxylic acids is 1. The Morgan fingerprint density at radius 1 is 1.25 bits per heavy atom. The van der Waals surface area contributed by atoms with Crippen LogP contribution in [0.3, 0.4) is 0 Å². The second kappa shape index (κ2) is 7.33. The molecule has 0 atom stereocenters. The number of thioether (sulfide) groups is 1. The molecule has 0 radical (unpaired) electrons. The van der Waals surface area contributed by atoms with Gasteiger partial charge in [0.1, 0.15) is 0 Å². The van der Waals surface area contributed by atoms with E-state index in [1.165, 1.54) is 28.8 Å². The third-order valence-corrected chi connectivity index (χ3v) is 5.87. The van der Waals surface area contributed by atoms with Crippen molar-refractivity contribution >= 4 is 56.5 Å². The molecule has 0 unspecified atom stereocenters. The van der Waals surface area contributed by atoms with Gasteiger partial charge in [0.25, 0.3) is 5.91 Å². The van der Waals surface area contributed by atoms with Gasteiger partial charge in [-0.15, -0.1) is 0 Å². The molecular formula is C19H13BrN2O5S. The number of carbonyl (C=O) groups excluding carboxylic acids is 1. The van der Waals surface area contributed by atoms with Crippen LogP contribution in [0.5, 0.6) is 11.5 Å². The van der Waals surface area contributed by atoms with Crippen molar-refractivity contribution in [3.8, 4) is 11.5 Å². The van der Waals surface area contributed by atoms with Crippen molar-refractivity contribution < 1.29 is 24.2 Å². The van der Waals surface area contributed by atoms with Crippen LogP contribution in [0.25, 0.3) is 6.08 Å². The molecule has 0 saturated carbocycles. The predicted molar refractivity (Wildman–Crippen MR) is 109 cm³/mol. The fourth-order valence-electron chi connectivity index (χ4n) is 2.63. The maximum atomic E-state index is 12.6. The predicted octanol–water partition coefficient (Wildman–Crippen LogP) is 4.11. The maximum Gasteiger partial charge on any atom is 0.335 e. The van der Waals surface area contributed by atoms with Crippen LogP contribution in [0, 0.1) is 0 Å². The molecule has 2 aliphatic rings. The van der Waals surface area contributed by atoms with E-state index >= 15 is 0 Å². The second-order valence-corrected chi connectivity index (χ2v) is 7.81. The Morgan fingerprint density at radius 2 is 1.93 bits per heavy atom. The molecule has 9 heteroatoms. The molecule has 1 saturated heterocycles. The van der Waals surface area contributed by atoms with Crippen molar-refractivity contribution in [3.63, 3.8) is 0 Å². The number of aromatic carboxylic acids is 1. The third kappa shape index (κ3) is 3.50. The maximum absolute atomic E-state index is 12.6. The Hall–Kier alpha value is -2.78. The van der Waals surface area contributed by atoms with Gasteiger partial charge in [0, 0.05) is 11.5 Å². The Morgan fingerprint density at radius 3 is 2.61 bits per heavy atom. The fourth-order valence-corrected chi connectivity index (χ4v) is 4.04. The van der Waals surface area contributed by atoms with Gasteiger partial charge in [-0.1, -0.05) is 15.9 Å². The van der Waals surface area contributed by atoms with Crippen LogP contribution in [0.1, 0.15) is 15.9 Å². The Labute approximate surface area is 172 Å². The largest absolute Gasteiger partial charge is 0.478 e. The van der Waals surface area contributed by atoms with Gasteiger partial charge < -0.3 is 14.6 Å². The number of amides is 1. The van der Waals surface area contributed by atoms with Crippen molar-refractivity contribution in [2.45, 2.75) is 0 Å². The molecule has 4 rings (SSSR count). The highest BCUT2D eigenvalue weighted by atomic mass is 79.9. The summed E-state index contributed by atoms with van der Waals surface area (Å²) in [5.74, 6) is 0.117. The summed E-state index contributed by atoms with van der Waals surface area (Å²) in [7, 11) is 1.65. The van der Waals surface area contributed by atoms with E-state index < -0.39 is 5.97 Å². The van der Waals surface area contributed by atoms with Crippen LogP contribution in [0.4, 0.5) is 5.69 Å². The molecule has 0 aromatic heterocycles. The molecule has 2 heterocycles. The number of carbonyl (C=O) groups is 2. The summed E-state index contributed by atoms with van der Waals surface area (Å²) in [5.41, 5.74) is 1.54. The molecule has 1 N–H and O–H groups in total. The first-order valence-electron chi connectivity index (χ1n) is 8.11. The monoisotopic (exact) mass is 460 g/mol. The zero-order chi connectivity index (χ0) is 19.8. The minimum atomic E-state index is -0.999. The van der Waals surface area contributed by atoms with Crippen molar-refractivity contribution in [1.29, 1.82) is 0 Å². The fraction of sp³-hybridized carbons (Fsp3) is 0.105. The Bertz CT molecular complexity index is 1050. The average molecular weight is 461 g/mol. The first-order chi connectivity index (χ1) is 13.4. The summed E-state index contributed by atoms with van der Waals surface area (Å²) in [6.07, 6.45) is 1.77. The summed E-state index contributed by atoms with van der Waals surface area (Å²) in [6.45, 7) is 0.176. The molecule has 0 spiro atoms. The first-order valence-corrected chi connectivity index (χ1v) is 9.72. The number of ether oxygens (including phenoxy) is 2. The van der Waals surface area contributed by atoms with Crippen LogP contribution < -0.4 is 9.47 Å². The van der Waals surface area contributed by atoms with E-state index in [2.05, 4.69) is 20.9 Å². The summed E-state index contributed by atoms with van der Waals surface area (Å²) in [4.78, 5) is 30.0. The van der Waals surface area contributed by atoms with Gasteiger partial charge in [-0.3, -0.25) is 9.69 Å². The van der Waals surface area contributed by atoms with Crippen LogP contribution in [-0.4, -0.2) is 40.9 Å². The summed E-state index contributed by atoms with van der Waals surface area (Å²) in [5, 5.41) is 9.48. The first kappa shape index (κ1) is 18.6. The average Bonchev–Trinajstić information content (AvgIpc) is 3.22. The number of hydrogen-bond donors (Lipinski definition) is 1. The SMILES string of the molecule is CN1C(=O)C(=Cc2cc3c(cc2Br)OCO3)SC1=Nc1ccc(C(=O)O)cc1. The molecule has 0 aliphatic carbocycles. The minimum absolute atomic E-state index is 0.171. The van der Waals surface area contributed by atoms with E-state index in [0.717, 1.165) is 10.0 Å². The van der Waals surface area contributed by atoms with Crippen LogP contribution in [0.15, 0.2) is 50.8 Å². The van der Waals surface area contributed by atoms with E-state index in [4.69, 9.17) is 14.6 Å². The number of fused-ring (bicyclic) bond motifs is 1. The zero-order valence-electron chi connectivity index (χ0n) is 14.5. The quantitative estimate of drug-likeness (QED) is 0.693. The molecule has 1 amide bonds. The normalized spacial score (nSPS) is 18.4. The smallest absolute Gasteiger partial charge is 0.335 e. The van der Waals surface area contributed by atoms with Gasteiger partial charge in [0.05, 0.1) is 16.2 Å². The highest BCUT2D eigenvalue weighted by molar-refractivity contribution is 9.10. The number of likely N-dealkylation sites (N-methyl/N-ethyl adjacent to an activating group) is 1. The van der Waals surface area contributed by atoms with E-state index in [0.29, 0.717) is 27.3 Å². The van der Waals surface area contributed by atoms with Crippen molar-refractivity contribution in [2.24, 2.45) is 4.99 Å². The van der Waals surface area contributed by atoms with Crippen molar-refractivity contribution in [3.05, 3.63) is 56.9 Å². The lowest BCUT2D eigenvalue weighted by Gasteiger charge is -2.07. The molecule has 7 nitrogen and oxygen atoms in total. The lowest BCUT2D eigenvalue weighted by atomic mass is 10.2. The molecule has 2 aromatic carbocycles. The standard InChI is InChI=1S/C19H13BrN2O5S/c1-22-17(23)16(7-11-6-14-15(8-13(11)20)27-9-26-14)28-19(22)21-12-4-2-10(3-5-12)18(24)25/h2-8H,9H2,1H3,(H,24,25). The topological polar surface area (TPSA) is 88.4 Å². The Balaban J connectivity index is 1.62. The van der Waals surface area contributed by atoms with Crippen molar-refractivity contribution in [2.75, 3.05) is 13.8 Å². The van der Waals surface area contributed by atoms with E-state index in [1.54, 1.807) is 25.3 Å². The van der Waals surface area contributed by atoms with Gasteiger partial charge in [0.15, 0.2) is 16.7 Å². The van der Waals surface area contributed by atoms with E-state index in [1.807, 2.05) is 12.1 Å². The number of aliphatic imine (C=N–C) groups is 1. The molecule has 1 fully saturated rings. The number of nitrogens with zero attached hydrogens (tertiary/aromatic N) is 2. The molecular weight excluding hydrogens is 448 g/mol. The number of halogens is 1.